The Bertz CT molecular complexity index is 534. The van der Waals surface area contributed by atoms with Gasteiger partial charge in [-0.25, -0.2) is 0 Å². The number of hydrogen-bond donors (Lipinski definition) is 3. The van der Waals surface area contributed by atoms with E-state index in [0.717, 1.165) is 16.5 Å². The van der Waals surface area contributed by atoms with Gasteiger partial charge in [-0.2, -0.15) is 0 Å². The van der Waals surface area contributed by atoms with Gasteiger partial charge in [0.1, 0.15) is 6.02 Å². The highest BCUT2D eigenvalue weighted by molar-refractivity contribution is 5.84. The standard InChI is InChI=1S/C11H12N2O2/c12-9(11(14)15)5-7-6-13-10-4-2-1-3-8(7)10/h1-4,6,9,13H,5,12H2,(H,14,15)/t9-/m1/s1/i9T. The number of H-pyrrole nitrogens is 1. The number of aliphatic carboxylic acids is 1. The molecule has 0 amide bonds. The van der Waals surface area contributed by atoms with Crippen LogP contribution in [0, 0.1) is 0 Å². The number of hydrogen-bond acceptors (Lipinski definition) is 2. The molecule has 1 aromatic carbocycles. The molecule has 1 atom stereocenters. The molecule has 0 saturated carbocycles. The van der Waals surface area contributed by atoms with Crippen LogP contribution in [0.15, 0.2) is 30.5 Å². The van der Waals surface area contributed by atoms with Crippen LogP contribution in [0.25, 0.3) is 10.9 Å². The fourth-order valence-corrected chi connectivity index (χ4v) is 1.56. The summed E-state index contributed by atoms with van der Waals surface area (Å²) in [5.74, 6) is -1.32. The third-order valence-corrected chi connectivity index (χ3v) is 2.33. The predicted molar refractivity (Wildman–Crippen MR) is 57.6 cm³/mol. The van der Waals surface area contributed by atoms with Crippen molar-refractivity contribution in [1.29, 1.82) is 0 Å². The highest BCUT2D eigenvalue weighted by Gasteiger charge is 2.14. The fraction of sp³-hybridized carbons (Fsp3) is 0.182. The summed E-state index contributed by atoms with van der Waals surface area (Å²) < 4.78 is 7.50. The molecule has 0 saturated heterocycles. The minimum absolute atomic E-state index is 0.0215. The molecule has 0 radical (unpaired) electrons. The molecule has 0 fully saturated rings. The van der Waals surface area contributed by atoms with E-state index in [9.17, 15) is 4.79 Å². The Labute approximate surface area is 88.1 Å². The number of nitrogens with one attached hydrogen (secondary N) is 1. The highest BCUT2D eigenvalue weighted by atomic mass is 16.4. The van der Waals surface area contributed by atoms with Gasteiger partial charge in [-0.3, -0.25) is 4.79 Å². The predicted octanol–water partition coefficient (Wildman–Crippen LogP) is 1.12. The Morgan fingerprint density at radius 1 is 1.60 bits per heavy atom. The number of carboxylic acids is 1. The van der Waals surface area contributed by atoms with Gasteiger partial charge in [0.15, 0.2) is 0 Å². The summed E-state index contributed by atoms with van der Waals surface area (Å²) in [7, 11) is 0. The summed E-state index contributed by atoms with van der Waals surface area (Å²) in [6, 6.07) is 5.53. The number of benzene rings is 1. The van der Waals surface area contributed by atoms with Crippen LogP contribution in [0.4, 0.5) is 0 Å². The third-order valence-electron chi connectivity index (χ3n) is 2.33. The van der Waals surface area contributed by atoms with Crippen LogP contribution in [0.3, 0.4) is 0 Å². The van der Waals surface area contributed by atoms with Gasteiger partial charge >= 0.3 is 5.97 Å². The lowest BCUT2D eigenvalue weighted by Gasteiger charge is -2.04. The van der Waals surface area contributed by atoms with E-state index in [0.29, 0.717) is 0 Å². The molecule has 4 nitrogen and oxygen atoms in total. The quantitative estimate of drug-likeness (QED) is 0.704. The van der Waals surface area contributed by atoms with Crippen molar-refractivity contribution in [1.82, 2.24) is 4.98 Å². The van der Waals surface area contributed by atoms with Gasteiger partial charge in [0.25, 0.3) is 0 Å². The minimum Gasteiger partial charge on any atom is -0.480 e. The van der Waals surface area contributed by atoms with Crippen molar-refractivity contribution in [2.45, 2.75) is 12.4 Å². The van der Waals surface area contributed by atoms with E-state index in [1.807, 2.05) is 24.3 Å². The van der Waals surface area contributed by atoms with E-state index in [-0.39, 0.29) is 6.42 Å². The van der Waals surface area contributed by atoms with Crippen LogP contribution in [-0.4, -0.2) is 22.1 Å². The molecule has 0 aliphatic rings. The van der Waals surface area contributed by atoms with Gasteiger partial charge in [0, 0.05) is 23.5 Å². The number of fused-ring (bicyclic) bond motifs is 1. The van der Waals surface area contributed by atoms with Crippen molar-refractivity contribution in [2.75, 3.05) is 0 Å². The van der Waals surface area contributed by atoms with Crippen molar-refractivity contribution < 1.29 is 11.3 Å². The molecule has 4 heteroatoms. The number of carboxylic acid groups (broad SMARTS) is 1. The molecule has 0 bridgehead atoms. The molecule has 0 unspecified atom stereocenters. The molecule has 2 rings (SSSR count). The smallest absolute Gasteiger partial charge is 0.320 e. The molecular weight excluding hydrogens is 192 g/mol. The number of aromatic nitrogens is 1. The second-order valence-electron chi connectivity index (χ2n) is 3.37. The summed E-state index contributed by atoms with van der Waals surface area (Å²) in [5, 5.41) is 9.70. The zero-order chi connectivity index (χ0) is 11.8. The monoisotopic (exact) mass is 206 g/mol. The van der Waals surface area contributed by atoms with Crippen LogP contribution in [0.1, 0.15) is 6.93 Å². The number of para-hydroxylation sites is 1. The van der Waals surface area contributed by atoms with E-state index < -0.39 is 12.0 Å². The van der Waals surface area contributed by atoms with Gasteiger partial charge in [0.05, 0.1) is 1.37 Å². The van der Waals surface area contributed by atoms with Crippen molar-refractivity contribution in [2.24, 2.45) is 5.73 Å². The topological polar surface area (TPSA) is 79.1 Å². The SMILES string of the molecule is [3H][C@@](N)(Cc1c[nH]c2ccccc12)C(=O)O. The maximum Gasteiger partial charge on any atom is 0.320 e. The van der Waals surface area contributed by atoms with E-state index >= 15 is 0 Å². The molecule has 0 aliphatic heterocycles. The number of carbonyl (C=O) groups is 1. The molecule has 1 heterocycles. The number of aromatic amines is 1. The van der Waals surface area contributed by atoms with Gasteiger partial charge in [-0.15, -0.1) is 0 Å². The molecule has 78 valence electrons. The van der Waals surface area contributed by atoms with Crippen molar-refractivity contribution in [3.8, 4) is 0 Å². The minimum atomic E-state index is -1.98. The fourth-order valence-electron chi connectivity index (χ4n) is 1.56. The Hall–Kier alpha value is -1.81. The van der Waals surface area contributed by atoms with Gasteiger partial charge in [-0.1, -0.05) is 18.2 Å². The van der Waals surface area contributed by atoms with Crippen LogP contribution < -0.4 is 5.73 Å². The van der Waals surface area contributed by atoms with Crippen LogP contribution in [0.2, 0.25) is 0 Å². The lowest BCUT2D eigenvalue weighted by molar-refractivity contribution is -0.138. The second kappa shape index (κ2) is 3.74. The van der Waals surface area contributed by atoms with Crippen LogP contribution in [0.5, 0.6) is 0 Å². The van der Waals surface area contributed by atoms with Crippen molar-refractivity contribution in [3.05, 3.63) is 36.0 Å². The molecule has 4 N–H and O–H groups in total. The lowest BCUT2D eigenvalue weighted by atomic mass is 10.1. The molecule has 2 aromatic rings. The first-order valence-corrected chi connectivity index (χ1v) is 4.58. The average molecular weight is 206 g/mol. The normalized spacial score (nSPS) is 15.9. The van der Waals surface area contributed by atoms with E-state index in [1.165, 1.54) is 0 Å². The molecule has 0 aliphatic carbocycles. The van der Waals surface area contributed by atoms with Crippen LogP contribution >= 0.6 is 0 Å². The summed E-state index contributed by atoms with van der Waals surface area (Å²) >= 11 is 0. The summed E-state index contributed by atoms with van der Waals surface area (Å²) in [5.41, 5.74) is 7.06. The summed E-state index contributed by atoms with van der Waals surface area (Å²) in [4.78, 5) is 13.8. The van der Waals surface area contributed by atoms with Gasteiger partial charge in [-0.05, 0) is 11.6 Å². The Morgan fingerprint density at radius 3 is 3.07 bits per heavy atom. The maximum atomic E-state index is 10.8. The largest absolute Gasteiger partial charge is 0.480 e. The van der Waals surface area contributed by atoms with Crippen LogP contribution in [-0.2, 0) is 11.2 Å². The Kier molecular flexibility index (Phi) is 2.12. The Morgan fingerprint density at radius 2 is 2.33 bits per heavy atom. The molecule has 0 spiro atoms. The van der Waals surface area contributed by atoms with Gasteiger partial charge in [0.2, 0.25) is 0 Å². The number of rotatable bonds is 3. The lowest BCUT2D eigenvalue weighted by Crippen LogP contribution is -2.32. The average Bonchev–Trinajstić information content (AvgIpc) is 2.61. The zero-order valence-electron chi connectivity index (χ0n) is 9.03. The first kappa shape index (κ1) is 8.49. The Balaban J connectivity index is 2.38. The molecule has 15 heavy (non-hydrogen) atoms. The van der Waals surface area contributed by atoms with Crippen molar-refractivity contribution in [3.63, 3.8) is 0 Å². The van der Waals surface area contributed by atoms with Crippen molar-refractivity contribution >= 4 is 16.9 Å². The highest BCUT2D eigenvalue weighted by Crippen LogP contribution is 2.18. The molecular formula is C11H12N2O2. The van der Waals surface area contributed by atoms with Gasteiger partial charge < -0.3 is 15.8 Å². The zero-order valence-corrected chi connectivity index (χ0v) is 8.03. The third kappa shape index (κ3) is 1.85. The summed E-state index contributed by atoms with van der Waals surface area (Å²) in [6.07, 6.45) is 1.68. The van der Waals surface area contributed by atoms with E-state index in [1.54, 1.807) is 6.20 Å². The number of nitrogens with two attached hydrogens (primary N) is 1. The first-order chi connectivity index (χ1) is 7.50. The summed E-state index contributed by atoms with van der Waals surface area (Å²) in [6.45, 7) is 0. The maximum absolute atomic E-state index is 10.8. The molecule has 1 aromatic heterocycles. The van der Waals surface area contributed by atoms with E-state index in [2.05, 4.69) is 4.98 Å². The first-order valence-electron chi connectivity index (χ1n) is 5.08. The van der Waals surface area contributed by atoms with E-state index in [4.69, 9.17) is 12.2 Å². The second-order valence-corrected chi connectivity index (χ2v) is 3.37.